The van der Waals surface area contributed by atoms with Crippen LogP contribution in [0.1, 0.15) is 23.3 Å². The first-order chi connectivity index (χ1) is 14.9. The van der Waals surface area contributed by atoms with Gasteiger partial charge in [0.15, 0.2) is 11.5 Å². The van der Waals surface area contributed by atoms with Crippen LogP contribution in [0.3, 0.4) is 0 Å². The second-order valence-corrected chi connectivity index (χ2v) is 10.1. The summed E-state index contributed by atoms with van der Waals surface area (Å²) in [6, 6.07) is 13.9. The van der Waals surface area contributed by atoms with E-state index in [9.17, 15) is 18.0 Å². The minimum absolute atomic E-state index is 0.0182. The van der Waals surface area contributed by atoms with Gasteiger partial charge in [-0.25, -0.2) is 8.42 Å². The fraction of sp³-hybridized carbons (Fsp3) is 0.250. The van der Waals surface area contributed by atoms with Crippen molar-refractivity contribution >= 4 is 33.2 Å². The van der Waals surface area contributed by atoms with Gasteiger partial charge in [-0.05, 0) is 24.3 Å². The molecular weight excluding hydrogens is 440 g/mol. The normalized spacial score (nSPS) is 17.2. The van der Waals surface area contributed by atoms with Gasteiger partial charge in [-0.1, -0.05) is 41.6 Å². The van der Waals surface area contributed by atoms with Crippen LogP contribution in [0.5, 0.6) is 0 Å². The van der Waals surface area contributed by atoms with Crippen LogP contribution in [-0.2, 0) is 14.8 Å². The predicted octanol–water partition coefficient (Wildman–Crippen LogP) is 2.26. The number of hydrogen-bond donors (Lipinski definition) is 2. The number of piperidine rings is 1. The number of hydrazine groups is 1. The van der Waals surface area contributed by atoms with E-state index < -0.39 is 27.8 Å². The van der Waals surface area contributed by atoms with E-state index in [4.69, 9.17) is 4.52 Å². The summed E-state index contributed by atoms with van der Waals surface area (Å²) in [7, 11) is -3.62. The van der Waals surface area contributed by atoms with E-state index in [0.717, 1.165) is 16.9 Å². The van der Waals surface area contributed by atoms with E-state index in [1.165, 1.54) is 10.4 Å². The van der Waals surface area contributed by atoms with E-state index in [1.807, 2.05) is 30.3 Å². The van der Waals surface area contributed by atoms with Crippen LogP contribution in [0.25, 0.3) is 11.3 Å². The number of sulfonamides is 1. The van der Waals surface area contributed by atoms with Crippen molar-refractivity contribution < 1.29 is 22.5 Å². The molecule has 0 radical (unpaired) electrons. The van der Waals surface area contributed by atoms with E-state index >= 15 is 0 Å². The molecular formula is C20H20N4O5S2. The summed E-state index contributed by atoms with van der Waals surface area (Å²) in [5.74, 6) is -1.22. The largest absolute Gasteiger partial charge is 0.355 e. The van der Waals surface area contributed by atoms with Crippen molar-refractivity contribution in [2.45, 2.75) is 17.1 Å². The van der Waals surface area contributed by atoms with Gasteiger partial charge in [0.25, 0.3) is 15.9 Å². The molecule has 1 atom stereocenters. The first-order valence-electron chi connectivity index (χ1n) is 9.61. The van der Waals surface area contributed by atoms with Gasteiger partial charge in [0.2, 0.25) is 5.91 Å². The molecule has 0 spiro atoms. The standard InChI is InChI=1S/C20H20N4O5S2/c25-19(15-8-4-10-24(13-15)31(27,28)18-9-5-11-30-18)21-22-20(26)16-12-17(29-23-16)14-6-2-1-3-7-14/h1-3,5-7,9,11-12,15H,4,8,10,13H2,(H,21,25)(H,22,26). The van der Waals surface area contributed by atoms with Crippen molar-refractivity contribution in [1.82, 2.24) is 20.3 Å². The monoisotopic (exact) mass is 460 g/mol. The maximum Gasteiger partial charge on any atom is 0.291 e. The molecule has 2 N–H and O–H groups in total. The van der Waals surface area contributed by atoms with Crippen molar-refractivity contribution in [1.29, 1.82) is 0 Å². The Kier molecular flexibility index (Phi) is 6.16. The highest BCUT2D eigenvalue weighted by Gasteiger charge is 2.34. The summed E-state index contributed by atoms with van der Waals surface area (Å²) >= 11 is 1.14. The molecule has 31 heavy (non-hydrogen) atoms. The highest BCUT2D eigenvalue weighted by atomic mass is 32.2. The summed E-state index contributed by atoms with van der Waals surface area (Å²) in [6.07, 6.45) is 1.08. The summed E-state index contributed by atoms with van der Waals surface area (Å²) < 4.78 is 32.2. The number of amides is 2. The van der Waals surface area contributed by atoms with Crippen molar-refractivity contribution in [2.24, 2.45) is 5.92 Å². The summed E-state index contributed by atoms with van der Waals surface area (Å²) in [6.45, 7) is 0.418. The third-order valence-corrected chi connectivity index (χ3v) is 8.18. The Hall–Kier alpha value is -3.02. The molecule has 0 bridgehead atoms. The first kappa shape index (κ1) is 21.2. The Bertz CT molecular complexity index is 1160. The number of hydrogen-bond acceptors (Lipinski definition) is 7. The third kappa shape index (κ3) is 4.68. The molecule has 1 fully saturated rings. The van der Waals surface area contributed by atoms with Gasteiger partial charge >= 0.3 is 0 Å². The maximum absolute atomic E-state index is 12.7. The summed E-state index contributed by atoms with van der Waals surface area (Å²) in [4.78, 5) is 24.8. The van der Waals surface area contributed by atoms with Crippen LogP contribution in [0.4, 0.5) is 0 Å². The van der Waals surface area contributed by atoms with Gasteiger partial charge in [-0.15, -0.1) is 11.3 Å². The molecule has 0 aliphatic carbocycles. The van der Waals surface area contributed by atoms with Crippen molar-refractivity contribution in [3.63, 3.8) is 0 Å². The second-order valence-electron chi connectivity index (χ2n) is 7.02. The quantitative estimate of drug-likeness (QED) is 0.564. The van der Waals surface area contributed by atoms with Crippen LogP contribution < -0.4 is 10.9 Å². The van der Waals surface area contributed by atoms with Gasteiger partial charge in [-0.3, -0.25) is 20.4 Å². The lowest BCUT2D eigenvalue weighted by molar-refractivity contribution is -0.126. The van der Waals surface area contributed by atoms with E-state index in [0.29, 0.717) is 25.1 Å². The minimum atomic E-state index is -3.62. The Morgan fingerprint density at radius 1 is 1.13 bits per heavy atom. The van der Waals surface area contributed by atoms with Crippen molar-refractivity contribution in [3.8, 4) is 11.3 Å². The molecule has 0 saturated carbocycles. The SMILES string of the molecule is O=C(NNC(=O)C1CCCN(S(=O)(=O)c2cccs2)C1)c1cc(-c2ccccc2)on1. The van der Waals surface area contributed by atoms with Crippen molar-refractivity contribution in [2.75, 3.05) is 13.1 Å². The topological polar surface area (TPSA) is 122 Å². The first-order valence-corrected chi connectivity index (χ1v) is 11.9. The Labute approximate surface area is 183 Å². The zero-order valence-corrected chi connectivity index (χ0v) is 18.0. The maximum atomic E-state index is 12.7. The fourth-order valence-corrected chi connectivity index (χ4v) is 5.99. The number of nitrogens with one attached hydrogen (secondary N) is 2. The average Bonchev–Trinajstić information content (AvgIpc) is 3.51. The van der Waals surface area contributed by atoms with E-state index in [1.54, 1.807) is 17.5 Å². The number of carbonyl (C=O) groups excluding carboxylic acids is 2. The van der Waals surface area contributed by atoms with Gasteiger partial charge < -0.3 is 4.52 Å². The average molecular weight is 461 g/mol. The lowest BCUT2D eigenvalue weighted by atomic mass is 9.99. The summed E-state index contributed by atoms with van der Waals surface area (Å²) in [5, 5.41) is 5.43. The minimum Gasteiger partial charge on any atom is -0.355 e. The number of aromatic nitrogens is 1. The predicted molar refractivity (Wildman–Crippen MR) is 113 cm³/mol. The molecule has 1 aromatic carbocycles. The smallest absolute Gasteiger partial charge is 0.291 e. The number of carbonyl (C=O) groups is 2. The molecule has 11 heteroatoms. The molecule has 4 rings (SSSR count). The number of benzene rings is 1. The Morgan fingerprint density at radius 3 is 2.68 bits per heavy atom. The summed E-state index contributed by atoms with van der Waals surface area (Å²) in [5.41, 5.74) is 5.47. The van der Waals surface area contributed by atoms with Crippen LogP contribution in [0.2, 0.25) is 0 Å². The Morgan fingerprint density at radius 2 is 1.94 bits per heavy atom. The lowest BCUT2D eigenvalue weighted by Crippen LogP contribution is -2.49. The molecule has 162 valence electrons. The second kappa shape index (κ2) is 9.00. The molecule has 9 nitrogen and oxygen atoms in total. The highest BCUT2D eigenvalue weighted by molar-refractivity contribution is 7.91. The molecule has 2 amide bonds. The molecule has 1 aliphatic rings. The van der Waals surface area contributed by atoms with Crippen LogP contribution in [0.15, 0.2) is 62.6 Å². The van der Waals surface area contributed by atoms with Crippen molar-refractivity contribution in [3.05, 3.63) is 59.6 Å². The van der Waals surface area contributed by atoms with Crippen LogP contribution in [-0.4, -0.2) is 42.8 Å². The molecule has 3 aromatic rings. The molecule has 2 aromatic heterocycles. The van der Waals surface area contributed by atoms with Gasteiger partial charge in [0, 0.05) is 24.7 Å². The number of nitrogens with zero attached hydrogens (tertiary/aromatic N) is 2. The van der Waals surface area contributed by atoms with E-state index in [2.05, 4.69) is 16.0 Å². The zero-order chi connectivity index (χ0) is 21.8. The fourth-order valence-electron chi connectivity index (χ4n) is 3.32. The number of rotatable bonds is 5. The van der Waals surface area contributed by atoms with Gasteiger partial charge in [0.1, 0.15) is 4.21 Å². The molecule has 3 heterocycles. The zero-order valence-electron chi connectivity index (χ0n) is 16.4. The van der Waals surface area contributed by atoms with Gasteiger partial charge in [0.05, 0.1) is 5.92 Å². The van der Waals surface area contributed by atoms with Crippen LogP contribution in [0, 0.1) is 5.92 Å². The molecule has 1 saturated heterocycles. The van der Waals surface area contributed by atoms with Crippen LogP contribution >= 0.6 is 11.3 Å². The molecule has 1 aliphatic heterocycles. The Balaban J connectivity index is 1.34. The lowest BCUT2D eigenvalue weighted by Gasteiger charge is -2.30. The van der Waals surface area contributed by atoms with Gasteiger partial charge in [-0.2, -0.15) is 4.31 Å². The third-order valence-electron chi connectivity index (χ3n) is 4.94. The van der Waals surface area contributed by atoms with E-state index in [-0.39, 0.29) is 16.4 Å². The highest BCUT2D eigenvalue weighted by Crippen LogP contribution is 2.26. The number of thiophene rings is 1. The molecule has 1 unspecified atom stereocenters.